The summed E-state index contributed by atoms with van der Waals surface area (Å²) >= 11 is 0. The standard InChI is InChI=1S/C13H16N4/c1-13(2,10-15)17-12-7-6-11(16-9-12)5-3-4-8-14/h6-7,9,17H,3-5H2,1-2H3. The smallest absolute Gasteiger partial charge is 0.119 e. The van der Waals surface area contributed by atoms with Crippen molar-refractivity contribution in [3.05, 3.63) is 24.0 Å². The van der Waals surface area contributed by atoms with Gasteiger partial charge in [-0.15, -0.1) is 0 Å². The second-order valence-electron chi connectivity index (χ2n) is 4.41. The number of anilines is 1. The molecule has 1 aromatic heterocycles. The molecule has 0 fully saturated rings. The first kappa shape index (κ1) is 13.0. The molecule has 1 rings (SSSR count). The summed E-state index contributed by atoms with van der Waals surface area (Å²) in [6.45, 7) is 3.63. The molecule has 0 aromatic carbocycles. The molecule has 0 aliphatic carbocycles. The van der Waals surface area contributed by atoms with E-state index in [1.807, 2.05) is 26.0 Å². The van der Waals surface area contributed by atoms with Crippen molar-refractivity contribution in [3.63, 3.8) is 0 Å². The largest absolute Gasteiger partial charge is 0.367 e. The van der Waals surface area contributed by atoms with Crippen LogP contribution in [0.15, 0.2) is 18.3 Å². The molecule has 0 aliphatic rings. The molecule has 1 aromatic rings. The van der Waals surface area contributed by atoms with Crippen molar-refractivity contribution < 1.29 is 0 Å². The van der Waals surface area contributed by atoms with Crippen LogP contribution in [0.5, 0.6) is 0 Å². The fourth-order valence-corrected chi connectivity index (χ4v) is 1.38. The third-order valence-electron chi connectivity index (χ3n) is 2.28. The van der Waals surface area contributed by atoms with E-state index in [0.717, 1.165) is 24.2 Å². The van der Waals surface area contributed by atoms with Gasteiger partial charge in [-0.05, 0) is 38.8 Å². The van der Waals surface area contributed by atoms with E-state index in [1.165, 1.54) is 0 Å². The van der Waals surface area contributed by atoms with Crippen LogP contribution >= 0.6 is 0 Å². The van der Waals surface area contributed by atoms with Crippen LogP contribution in [0, 0.1) is 22.7 Å². The maximum atomic E-state index is 8.89. The van der Waals surface area contributed by atoms with Crippen molar-refractivity contribution in [2.24, 2.45) is 0 Å². The van der Waals surface area contributed by atoms with Gasteiger partial charge < -0.3 is 5.32 Å². The molecule has 88 valence electrons. The number of hydrogen-bond acceptors (Lipinski definition) is 4. The third kappa shape index (κ3) is 4.53. The molecule has 0 radical (unpaired) electrons. The first-order valence-corrected chi connectivity index (χ1v) is 5.59. The number of nitriles is 2. The molecule has 0 saturated heterocycles. The lowest BCUT2D eigenvalue weighted by Gasteiger charge is -2.18. The van der Waals surface area contributed by atoms with E-state index in [1.54, 1.807) is 6.20 Å². The molecule has 0 spiro atoms. The van der Waals surface area contributed by atoms with E-state index < -0.39 is 5.54 Å². The Morgan fingerprint density at radius 1 is 1.35 bits per heavy atom. The summed E-state index contributed by atoms with van der Waals surface area (Å²) in [6, 6.07) is 8.12. The van der Waals surface area contributed by atoms with Gasteiger partial charge in [-0.1, -0.05) is 0 Å². The number of rotatable bonds is 5. The summed E-state index contributed by atoms with van der Waals surface area (Å²) in [5.74, 6) is 0. The Balaban J connectivity index is 2.57. The number of hydrogen-bond donors (Lipinski definition) is 1. The van der Waals surface area contributed by atoms with Crippen molar-refractivity contribution >= 4 is 5.69 Å². The lowest BCUT2D eigenvalue weighted by Crippen LogP contribution is -2.28. The van der Waals surface area contributed by atoms with Gasteiger partial charge in [0.05, 0.1) is 24.0 Å². The van der Waals surface area contributed by atoms with Crippen LogP contribution in [0.25, 0.3) is 0 Å². The van der Waals surface area contributed by atoms with E-state index >= 15 is 0 Å². The zero-order valence-electron chi connectivity index (χ0n) is 10.2. The molecule has 4 heteroatoms. The highest BCUT2D eigenvalue weighted by molar-refractivity contribution is 5.45. The second kappa shape index (κ2) is 5.86. The van der Waals surface area contributed by atoms with Crippen molar-refractivity contribution in [1.29, 1.82) is 10.5 Å². The van der Waals surface area contributed by atoms with Gasteiger partial charge in [0.1, 0.15) is 5.54 Å². The van der Waals surface area contributed by atoms with E-state index in [2.05, 4.69) is 22.4 Å². The second-order valence-corrected chi connectivity index (χ2v) is 4.41. The van der Waals surface area contributed by atoms with Crippen LogP contribution in [0.4, 0.5) is 5.69 Å². The zero-order chi connectivity index (χ0) is 12.7. The Morgan fingerprint density at radius 3 is 2.65 bits per heavy atom. The summed E-state index contributed by atoms with van der Waals surface area (Å²) in [4.78, 5) is 4.29. The van der Waals surface area contributed by atoms with Crippen LogP contribution in [0.2, 0.25) is 0 Å². The van der Waals surface area contributed by atoms with Crippen molar-refractivity contribution in [3.8, 4) is 12.1 Å². The first-order chi connectivity index (χ1) is 8.07. The molecule has 1 heterocycles. The quantitative estimate of drug-likeness (QED) is 0.786. The Hall–Kier alpha value is -2.07. The normalized spacial score (nSPS) is 10.4. The fraction of sp³-hybridized carbons (Fsp3) is 0.462. The van der Waals surface area contributed by atoms with Crippen LogP contribution in [-0.2, 0) is 6.42 Å². The predicted molar refractivity (Wildman–Crippen MR) is 66.1 cm³/mol. The van der Waals surface area contributed by atoms with Crippen molar-refractivity contribution in [2.45, 2.75) is 38.6 Å². The topological polar surface area (TPSA) is 72.5 Å². The number of nitrogens with one attached hydrogen (secondary N) is 1. The summed E-state index contributed by atoms with van der Waals surface area (Å²) < 4.78 is 0. The third-order valence-corrected chi connectivity index (χ3v) is 2.28. The predicted octanol–water partition coefficient (Wildman–Crippen LogP) is 2.64. The Labute approximate surface area is 102 Å². The Bertz CT molecular complexity index is 434. The average molecular weight is 228 g/mol. The summed E-state index contributed by atoms with van der Waals surface area (Å²) in [7, 11) is 0. The van der Waals surface area contributed by atoms with Gasteiger partial charge in [0.2, 0.25) is 0 Å². The average Bonchev–Trinajstić information content (AvgIpc) is 2.31. The van der Waals surface area contributed by atoms with Gasteiger partial charge in [-0.2, -0.15) is 10.5 Å². The first-order valence-electron chi connectivity index (χ1n) is 5.59. The lowest BCUT2D eigenvalue weighted by atomic mass is 10.1. The molecule has 1 N–H and O–H groups in total. The molecule has 0 amide bonds. The van der Waals surface area contributed by atoms with Crippen LogP contribution in [0.3, 0.4) is 0 Å². The van der Waals surface area contributed by atoms with E-state index in [9.17, 15) is 0 Å². The number of pyridine rings is 1. The number of aryl methyl sites for hydroxylation is 1. The summed E-state index contributed by atoms with van der Waals surface area (Å²) in [6.07, 6.45) is 3.93. The molecule has 0 bridgehead atoms. The fourth-order valence-electron chi connectivity index (χ4n) is 1.38. The van der Waals surface area contributed by atoms with Gasteiger partial charge in [-0.25, -0.2) is 0 Å². The maximum absolute atomic E-state index is 8.89. The minimum absolute atomic E-state index is 0.559. The van der Waals surface area contributed by atoms with Gasteiger partial charge in [0.15, 0.2) is 0 Å². The Kier molecular flexibility index (Phi) is 4.48. The van der Waals surface area contributed by atoms with Gasteiger partial charge in [0.25, 0.3) is 0 Å². The van der Waals surface area contributed by atoms with Crippen LogP contribution in [-0.4, -0.2) is 10.5 Å². The number of aromatic nitrogens is 1. The Morgan fingerprint density at radius 2 is 2.12 bits per heavy atom. The highest BCUT2D eigenvalue weighted by atomic mass is 15.0. The molecule has 0 unspecified atom stereocenters. The lowest BCUT2D eigenvalue weighted by molar-refractivity contribution is 0.727. The van der Waals surface area contributed by atoms with Gasteiger partial charge in [-0.3, -0.25) is 4.98 Å². The van der Waals surface area contributed by atoms with Crippen LogP contribution in [0.1, 0.15) is 32.4 Å². The van der Waals surface area contributed by atoms with Crippen molar-refractivity contribution in [1.82, 2.24) is 4.98 Å². The minimum atomic E-state index is -0.593. The van der Waals surface area contributed by atoms with Crippen LogP contribution < -0.4 is 5.32 Å². The molecule has 0 atom stereocenters. The molecule has 0 saturated carbocycles. The SMILES string of the molecule is CC(C)(C#N)Nc1ccc(CCCC#N)nc1. The molecular formula is C13H16N4. The van der Waals surface area contributed by atoms with E-state index in [0.29, 0.717) is 6.42 Å². The van der Waals surface area contributed by atoms with Crippen molar-refractivity contribution in [2.75, 3.05) is 5.32 Å². The summed E-state index contributed by atoms with van der Waals surface area (Å²) in [5.41, 5.74) is 1.21. The van der Waals surface area contributed by atoms with Gasteiger partial charge >= 0.3 is 0 Å². The maximum Gasteiger partial charge on any atom is 0.119 e. The number of nitrogens with zero attached hydrogens (tertiary/aromatic N) is 3. The molecule has 17 heavy (non-hydrogen) atoms. The zero-order valence-corrected chi connectivity index (χ0v) is 10.2. The van der Waals surface area contributed by atoms with E-state index in [-0.39, 0.29) is 0 Å². The minimum Gasteiger partial charge on any atom is -0.367 e. The molecule has 4 nitrogen and oxygen atoms in total. The van der Waals surface area contributed by atoms with E-state index in [4.69, 9.17) is 10.5 Å². The number of unbranched alkanes of at least 4 members (excludes halogenated alkanes) is 1. The van der Waals surface area contributed by atoms with Gasteiger partial charge in [0, 0.05) is 12.1 Å². The highest BCUT2D eigenvalue weighted by Crippen LogP contribution is 2.14. The summed E-state index contributed by atoms with van der Waals surface area (Å²) in [5, 5.41) is 20.4. The molecular weight excluding hydrogens is 212 g/mol. The monoisotopic (exact) mass is 228 g/mol. The highest BCUT2D eigenvalue weighted by Gasteiger charge is 2.15. The molecule has 0 aliphatic heterocycles.